The van der Waals surface area contributed by atoms with Crippen LogP contribution in [0, 0.1) is 0 Å². The van der Waals surface area contributed by atoms with Gasteiger partial charge in [0, 0.05) is 18.7 Å². The SMILES string of the molecule is CCN(CCC(=O)O)C(=O)c1ccc(OC)c(S(=O)(=O)NC)c1. The number of ether oxygens (including phenoxy) is 1. The number of carbonyl (C=O) groups excluding carboxylic acids is 1. The van der Waals surface area contributed by atoms with Crippen LogP contribution in [0.5, 0.6) is 5.75 Å². The van der Waals surface area contributed by atoms with E-state index in [-0.39, 0.29) is 29.2 Å². The molecular formula is C14H20N2O6S. The highest BCUT2D eigenvalue weighted by Crippen LogP contribution is 2.25. The van der Waals surface area contributed by atoms with E-state index in [0.29, 0.717) is 6.54 Å². The van der Waals surface area contributed by atoms with Crippen LogP contribution >= 0.6 is 0 Å². The van der Waals surface area contributed by atoms with Crippen LogP contribution in [0.15, 0.2) is 23.1 Å². The van der Waals surface area contributed by atoms with Gasteiger partial charge in [-0.1, -0.05) is 0 Å². The molecule has 0 atom stereocenters. The fraction of sp³-hybridized carbons (Fsp3) is 0.429. The van der Waals surface area contributed by atoms with E-state index in [4.69, 9.17) is 9.84 Å². The molecule has 0 saturated carbocycles. The number of nitrogens with one attached hydrogen (secondary N) is 1. The van der Waals surface area contributed by atoms with Gasteiger partial charge in [-0.3, -0.25) is 9.59 Å². The number of benzene rings is 1. The third-order valence-electron chi connectivity index (χ3n) is 3.23. The van der Waals surface area contributed by atoms with Gasteiger partial charge in [0.1, 0.15) is 10.6 Å². The smallest absolute Gasteiger partial charge is 0.305 e. The fourth-order valence-corrected chi connectivity index (χ4v) is 2.86. The zero-order valence-electron chi connectivity index (χ0n) is 13.2. The Kier molecular flexibility index (Phi) is 6.52. The lowest BCUT2D eigenvalue weighted by Crippen LogP contribution is -2.33. The van der Waals surface area contributed by atoms with Crippen molar-refractivity contribution in [3.63, 3.8) is 0 Å². The lowest BCUT2D eigenvalue weighted by atomic mass is 10.2. The molecule has 0 aliphatic heterocycles. The summed E-state index contributed by atoms with van der Waals surface area (Å²) in [5.41, 5.74) is 0.145. The Hall–Kier alpha value is -2.13. The molecule has 0 aliphatic rings. The van der Waals surface area contributed by atoms with Gasteiger partial charge in [0.05, 0.1) is 13.5 Å². The Morgan fingerprint density at radius 2 is 2.00 bits per heavy atom. The molecule has 1 amide bonds. The van der Waals surface area contributed by atoms with Crippen LogP contribution in [-0.2, 0) is 14.8 Å². The van der Waals surface area contributed by atoms with Gasteiger partial charge in [-0.15, -0.1) is 0 Å². The minimum Gasteiger partial charge on any atom is -0.495 e. The maximum absolute atomic E-state index is 12.4. The van der Waals surface area contributed by atoms with E-state index in [2.05, 4.69) is 4.72 Å². The molecule has 1 aromatic rings. The summed E-state index contributed by atoms with van der Waals surface area (Å²) in [5.74, 6) is -1.34. The summed E-state index contributed by atoms with van der Waals surface area (Å²) >= 11 is 0. The first-order valence-electron chi connectivity index (χ1n) is 6.89. The van der Waals surface area contributed by atoms with Gasteiger partial charge < -0.3 is 14.7 Å². The van der Waals surface area contributed by atoms with Crippen LogP contribution in [0.25, 0.3) is 0 Å². The molecule has 1 aromatic carbocycles. The highest BCUT2D eigenvalue weighted by Gasteiger charge is 2.22. The molecule has 128 valence electrons. The summed E-state index contributed by atoms with van der Waals surface area (Å²) < 4.78 is 31.2. The second-order valence-corrected chi connectivity index (χ2v) is 6.46. The minimum absolute atomic E-state index is 0.0464. The van der Waals surface area contributed by atoms with Crippen molar-refractivity contribution < 1.29 is 27.9 Å². The number of carbonyl (C=O) groups is 2. The first-order chi connectivity index (χ1) is 10.8. The van der Waals surface area contributed by atoms with E-state index < -0.39 is 21.9 Å². The summed E-state index contributed by atoms with van der Waals surface area (Å²) in [4.78, 5) is 24.3. The number of methoxy groups -OCH3 is 1. The molecule has 1 rings (SSSR count). The molecule has 0 heterocycles. The van der Waals surface area contributed by atoms with E-state index in [0.717, 1.165) is 0 Å². The van der Waals surface area contributed by atoms with Crippen molar-refractivity contribution in [2.45, 2.75) is 18.2 Å². The summed E-state index contributed by atoms with van der Waals surface area (Å²) in [6.07, 6.45) is -0.183. The Morgan fingerprint density at radius 1 is 1.35 bits per heavy atom. The molecule has 2 N–H and O–H groups in total. The molecule has 0 saturated heterocycles. The number of rotatable bonds is 8. The predicted molar refractivity (Wildman–Crippen MR) is 83.1 cm³/mol. The van der Waals surface area contributed by atoms with Crippen molar-refractivity contribution in [2.24, 2.45) is 0 Å². The van der Waals surface area contributed by atoms with Crippen LogP contribution in [-0.4, -0.2) is 57.5 Å². The van der Waals surface area contributed by atoms with Gasteiger partial charge in [-0.25, -0.2) is 13.1 Å². The first-order valence-corrected chi connectivity index (χ1v) is 8.37. The lowest BCUT2D eigenvalue weighted by molar-refractivity contribution is -0.137. The van der Waals surface area contributed by atoms with Gasteiger partial charge in [-0.2, -0.15) is 0 Å². The van der Waals surface area contributed by atoms with Crippen molar-refractivity contribution >= 4 is 21.9 Å². The van der Waals surface area contributed by atoms with Gasteiger partial charge >= 0.3 is 5.97 Å². The monoisotopic (exact) mass is 344 g/mol. The number of amides is 1. The predicted octanol–water partition coefficient (Wildman–Crippen LogP) is 0.540. The number of sulfonamides is 1. The van der Waals surface area contributed by atoms with Crippen molar-refractivity contribution in [3.8, 4) is 5.75 Å². The number of aliphatic carboxylic acids is 1. The quantitative estimate of drug-likeness (QED) is 0.712. The van der Waals surface area contributed by atoms with Crippen LogP contribution in [0.4, 0.5) is 0 Å². The molecule has 8 nitrogen and oxygen atoms in total. The van der Waals surface area contributed by atoms with Crippen molar-refractivity contribution in [2.75, 3.05) is 27.2 Å². The van der Waals surface area contributed by atoms with E-state index in [1.165, 1.54) is 37.3 Å². The highest BCUT2D eigenvalue weighted by molar-refractivity contribution is 7.89. The number of carboxylic acid groups (broad SMARTS) is 1. The second kappa shape index (κ2) is 7.93. The van der Waals surface area contributed by atoms with Crippen molar-refractivity contribution in [1.82, 2.24) is 9.62 Å². The average molecular weight is 344 g/mol. The molecule has 23 heavy (non-hydrogen) atoms. The molecule has 0 unspecified atom stereocenters. The third kappa shape index (κ3) is 4.67. The summed E-state index contributed by atoms with van der Waals surface area (Å²) in [6.45, 7) is 2.07. The van der Waals surface area contributed by atoms with Gasteiger partial charge in [-0.05, 0) is 32.2 Å². The number of hydrogen-bond donors (Lipinski definition) is 2. The zero-order chi connectivity index (χ0) is 17.6. The minimum atomic E-state index is -3.79. The molecule has 0 bridgehead atoms. The van der Waals surface area contributed by atoms with E-state index >= 15 is 0 Å². The molecule has 0 spiro atoms. The van der Waals surface area contributed by atoms with Crippen LogP contribution in [0.1, 0.15) is 23.7 Å². The molecule has 0 radical (unpaired) electrons. The Labute approximate surface area is 135 Å². The van der Waals surface area contributed by atoms with E-state index in [1.807, 2.05) is 0 Å². The van der Waals surface area contributed by atoms with Gasteiger partial charge in [0.25, 0.3) is 5.91 Å². The topological polar surface area (TPSA) is 113 Å². The molecule has 0 aliphatic carbocycles. The lowest BCUT2D eigenvalue weighted by Gasteiger charge is -2.20. The third-order valence-corrected chi connectivity index (χ3v) is 4.67. The zero-order valence-corrected chi connectivity index (χ0v) is 14.0. The maximum atomic E-state index is 12.4. The highest BCUT2D eigenvalue weighted by atomic mass is 32.2. The fourth-order valence-electron chi connectivity index (χ4n) is 1.95. The average Bonchev–Trinajstić information content (AvgIpc) is 2.54. The van der Waals surface area contributed by atoms with Crippen molar-refractivity contribution in [3.05, 3.63) is 23.8 Å². The molecule has 0 fully saturated rings. The Bertz CT molecular complexity index is 687. The van der Waals surface area contributed by atoms with Crippen LogP contribution in [0.3, 0.4) is 0 Å². The molecule has 0 aromatic heterocycles. The normalized spacial score (nSPS) is 11.1. The first kappa shape index (κ1) is 18.9. The molecular weight excluding hydrogens is 324 g/mol. The summed E-state index contributed by atoms with van der Waals surface area (Å²) in [7, 11) is -1.21. The second-order valence-electron chi connectivity index (χ2n) is 4.60. The van der Waals surface area contributed by atoms with Gasteiger partial charge in [0.15, 0.2) is 0 Å². The van der Waals surface area contributed by atoms with E-state index in [1.54, 1.807) is 6.92 Å². The number of nitrogens with zero attached hydrogens (tertiary/aromatic N) is 1. The van der Waals surface area contributed by atoms with Gasteiger partial charge in [0.2, 0.25) is 10.0 Å². The van der Waals surface area contributed by atoms with Crippen molar-refractivity contribution in [1.29, 1.82) is 0 Å². The Balaban J connectivity index is 3.20. The largest absolute Gasteiger partial charge is 0.495 e. The Morgan fingerprint density at radius 3 is 2.48 bits per heavy atom. The summed E-state index contributed by atoms with van der Waals surface area (Å²) in [6, 6.07) is 4.05. The van der Waals surface area contributed by atoms with Crippen LogP contribution in [0.2, 0.25) is 0 Å². The number of hydrogen-bond acceptors (Lipinski definition) is 5. The maximum Gasteiger partial charge on any atom is 0.305 e. The standard InChI is InChI=1S/C14H20N2O6S/c1-4-16(8-7-13(17)18)14(19)10-5-6-11(22-3)12(9-10)23(20,21)15-2/h5-6,9,15H,4,7-8H2,1-3H3,(H,17,18). The summed E-state index contributed by atoms with van der Waals surface area (Å²) in [5, 5.41) is 8.72. The van der Waals surface area contributed by atoms with Crippen LogP contribution < -0.4 is 9.46 Å². The molecule has 9 heteroatoms. The number of carboxylic acids is 1. The van der Waals surface area contributed by atoms with E-state index in [9.17, 15) is 18.0 Å².